The van der Waals surface area contributed by atoms with Crippen molar-refractivity contribution in [1.29, 1.82) is 0 Å². The van der Waals surface area contributed by atoms with Gasteiger partial charge in [0.15, 0.2) is 0 Å². The van der Waals surface area contributed by atoms with Gasteiger partial charge in [-0.05, 0) is 26.0 Å². The molecule has 1 atom stereocenters. The largest absolute Gasteiger partial charge is 0.338 e. The van der Waals surface area contributed by atoms with Crippen LogP contribution in [0.25, 0.3) is 0 Å². The van der Waals surface area contributed by atoms with Crippen molar-refractivity contribution in [3.8, 4) is 0 Å². The third-order valence-corrected chi connectivity index (χ3v) is 3.19. The van der Waals surface area contributed by atoms with Crippen LogP contribution < -0.4 is 0 Å². The number of rotatable bonds is 4. The van der Waals surface area contributed by atoms with Gasteiger partial charge in [0.2, 0.25) is 5.91 Å². The summed E-state index contributed by atoms with van der Waals surface area (Å²) >= 11 is 0. The molecule has 0 bridgehead atoms. The van der Waals surface area contributed by atoms with E-state index in [-0.39, 0.29) is 11.9 Å². The molecule has 0 aliphatic carbocycles. The van der Waals surface area contributed by atoms with Crippen LogP contribution in [0.5, 0.6) is 0 Å². The quantitative estimate of drug-likeness (QED) is 0.829. The maximum Gasteiger partial charge on any atom is 0.247 e. The van der Waals surface area contributed by atoms with E-state index in [1.807, 2.05) is 39.2 Å². The van der Waals surface area contributed by atoms with Gasteiger partial charge in [0.05, 0.1) is 17.9 Å². The molecule has 2 rings (SSSR count). The van der Waals surface area contributed by atoms with Gasteiger partial charge in [0.1, 0.15) is 6.04 Å². The van der Waals surface area contributed by atoms with Crippen LogP contribution in [-0.2, 0) is 18.4 Å². The fraction of sp³-hybridized carbons (Fsp3) is 0.462. The third-order valence-electron chi connectivity index (χ3n) is 3.19. The SMILES string of the molecule is Cc1ccn(C(C)C(=O)N(C)Cc2ccnn2C)n1. The van der Waals surface area contributed by atoms with Gasteiger partial charge >= 0.3 is 0 Å². The van der Waals surface area contributed by atoms with Crippen molar-refractivity contribution in [2.24, 2.45) is 7.05 Å². The molecule has 0 aromatic carbocycles. The number of hydrogen-bond acceptors (Lipinski definition) is 3. The standard InChI is InChI=1S/C13H19N5O/c1-10-6-8-18(15-10)11(2)13(19)16(3)9-12-5-7-14-17(12)4/h5-8,11H,9H2,1-4H3. The summed E-state index contributed by atoms with van der Waals surface area (Å²) in [7, 11) is 3.66. The van der Waals surface area contributed by atoms with Crippen LogP contribution in [0.3, 0.4) is 0 Å². The zero-order valence-electron chi connectivity index (χ0n) is 11.7. The van der Waals surface area contributed by atoms with E-state index >= 15 is 0 Å². The maximum absolute atomic E-state index is 12.3. The molecule has 0 saturated carbocycles. The average Bonchev–Trinajstić information content (AvgIpc) is 2.97. The Hall–Kier alpha value is -2.11. The van der Waals surface area contributed by atoms with Crippen LogP contribution in [0.4, 0.5) is 0 Å². The van der Waals surface area contributed by atoms with Crippen molar-refractivity contribution in [1.82, 2.24) is 24.5 Å². The lowest BCUT2D eigenvalue weighted by Crippen LogP contribution is -2.33. The molecule has 19 heavy (non-hydrogen) atoms. The van der Waals surface area contributed by atoms with E-state index < -0.39 is 0 Å². The Morgan fingerprint density at radius 3 is 2.74 bits per heavy atom. The van der Waals surface area contributed by atoms with Crippen LogP contribution in [0, 0.1) is 6.92 Å². The fourth-order valence-corrected chi connectivity index (χ4v) is 1.96. The molecule has 1 amide bonds. The number of likely N-dealkylation sites (N-methyl/N-ethyl adjacent to an activating group) is 1. The van der Waals surface area contributed by atoms with Crippen LogP contribution >= 0.6 is 0 Å². The summed E-state index contributed by atoms with van der Waals surface area (Å²) in [5, 5.41) is 8.38. The summed E-state index contributed by atoms with van der Waals surface area (Å²) in [5.41, 5.74) is 1.91. The molecule has 1 unspecified atom stereocenters. The second kappa shape index (κ2) is 5.26. The summed E-state index contributed by atoms with van der Waals surface area (Å²) in [6, 6.07) is 3.50. The second-order valence-electron chi connectivity index (χ2n) is 4.75. The summed E-state index contributed by atoms with van der Waals surface area (Å²) < 4.78 is 3.46. The number of amides is 1. The second-order valence-corrected chi connectivity index (χ2v) is 4.75. The van der Waals surface area contributed by atoms with Gasteiger partial charge in [0, 0.05) is 26.5 Å². The lowest BCUT2D eigenvalue weighted by Gasteiger charge is -2.21. The Labute approximate surface area is 112 Å². The fourth-order valence-electron chi connectivity index (χ4n) is 1.96. The van der Waals surface area contributed by atoms with E-state index in [1.54, 1.807) is 27.5 Å². The summed E-state index contributed by atoms with van der Waals surface area (Å²) in [4.78, 5) is 14.0. The van der Waals surface area contributed by atoms with Crippen LogP contribution in [-0.4, -0.2) is 37.4 Å². The molecular weight excluding hydrogens is 242 g/mol. The van der Waals surface area contributed by atoms with Gasteiger partial charge in [-0.1, -0.05) is 0 Å². The van der Waals surface area contributed by atoms with Gasteiger partial charge < -0.3 is 4.90 Å². The van der Waals surface area contributed by atoms with Gasteiger partial charge in [-0.15, -0.1) is 0 Å². The predicted octanol–water partition coefficient (Wildman–Crippen LogP) is 1.14. The van der Waals surface area contributed by atoms with Gasteiger partial charge in [-0.2, -0.15) is 10.2 Å². The van der Waals surface area contributed by atoms with Crippen molar-refractivity contribution in [2.45, 2.75) is 26.4 Å². The van der Waals surface area contributed by atoms with Crippen LogP contribution in [0.15, 0.2) is 24.5 Å². The molecule has 0 aliphatic rings. The first kappa shape index (κ1) is 13.3. The van der Waals surface area contributed by atoms with E-state index in [0.29, 0.717) is 6.54 Å². The molecule has 0 saturated heterocycles. The molecular formula is C13H19N5O. The minimum Gasteiger partial charge on any atom is -0.338 e. The monoisotopic (exact) mass is 261 g/mol. The molecule has 102 valence electrons. The summed E-state index contributed by atoms with van der Waals surface area (Å²) in [6.45, 7) is 4.31. The summed E-state index contributed by atoms with van der Waals surface area (Å²) in [5.74, 6) is 0.0318. The highest BCUT2D eigenvalue weighted by Gasteiger charge is 2.20. The van der Waals surface area contributed by atoms with Crippen molar-refractivity contribution >= 4 is 5.91 Å². The number of carbonyl (C=O) groups is 1. The third kappa shape index (κ3) is 2.83. The molecule has 2 aromatic heterocycles. The number of aryl methyl sites for hydroxylation is 2. The maximum atomic E-state index is 12.3. The minimum absolute atomic E-state index is 0.0318. The normalized spacial score (nSPS) is 12.4. The van der Waals surface area contributed by atoms with Gasteiger partial charge in [-0.25, -0.2) is 0 Å². The van der Waals surface area contributed by atoms with E-state index in [9.17, 15) is 4.79 Å². The zero-order valence-corrected chi connectivity index (χ0v) is 11.7. The Morgan fingerprint density at radius 1 is 1.47 bits per heavy atom. The molecule has 0 N–H and O–H groups in total. The smallest absolute Gasteiger partial charge is 0.247 e. The van der Waals surface area contributed by atoms with E-state index in [0.717, 1.165) is 11.4 Å². The van der Waals surface area contributed by atoms with Crippen molar-refractivity contribution in [2.75, 3.05) is 7.05 Å². The lowest BCUT2D eigenvalue weighted by atomic mass is 10.3. The first-order chi connectivity index (χ1) is 8.99. The molecule has 0 fully saturated rings. The molecule has 0 aliphatic heterocycles. The van der Waals surface area contributed by atoms with Crippen molar-refractivity contribution in [3.05, 3.63) is 35.9 Å². The van der Waals surface area contributed by atoms with Crippen molar-refractivity contribution in [3.63, 3.8) is 0 Å². The molecule has 2 heterocycles. The summed E-state index contributed by atoms with van der Waals surface area (Å²) in [6.07, 6.45) is 3.56. The van der Waals surface area contributed by atoms with E-state index in [4.69, 9.17) is 0 Å². The van der Waals surface area contributed by atoms with Crippen molar-refractivity contribution < 1.29 is 4.79 Å². The Morgan fingerprint density at radius 2 is 2.21 bits per heavy atom. The molecule has 6 heteroatoms. The number of aromatic nitrogens is 4. The van der Waals surface area contributed by atoms with E-state index in [1.165, 1.54) is 0 Å². The number of hydrogen-bond donors (Lipinski definition) is 0. The average molecular weight is 261 g/mol. The molecule has 0 spiro atoms. The highest BCUT2D eigenvalue weighted by Crippen LogP contribution is 2.11. The van der Waals surface area contributed by atoms with Crippen LogP contribution in [0.2, 0.25) is 0 Å². The first-order valence-corrected chi connectivity index (χ1v) is 6.22. The van der Waals surface area contributed by atoms with Gasteiger partial charge in [-0.3, -0.25) is 14.2 Å². The Balaban J connectivity index is 2.05. The zero-order chi connectivity index (χ0) is 14.0. The topological polar surface area (TPSA) is 56.0 Å². The molecule has 2 aromatic rings. The lowest BCUT2D eigenvalue weighted by molar-refractivity contribution is -0.133. The number of nitrogens with zero attached hydrogens (tertiary/aromatic N) is 5. The highest BCUT2D eigenvalue weighted by molar-refractivity contribution is 5.79. The van der Waals surface area contributed by atoms with E-state index in [2.05, 4.69) is 10.2 Å². The predicted molar refractivity (Wildman–Crippen MR) is 71.4 cm³/mol. The molecule has 0 radical (unpaired) electrons. The molecule has 6 nitrogen and oxygen atoms in total. The highest BCUT2D eigenvalue weighted by atomic mass is 16.2. The van der Waals surface area contributed by atoms with Gasteiger partial charge in [0.25, 0.3) is 0 Å². The number of carbonyl (C=O) groups excluding carboxylic acids is 1. The minimum atomic E-state index is -0.299. The first-order valence-electron chi connectivity index (χ1n) is 6.22. The Kier molecular flexibility index (Phi) is 3.69. The Bertz CT molecular complexity index is 571. The van der Waals surface area contributed by atoms with Crippen LogP contribution in [0.1, 0.15) is 24.4 Å².